The van der Waals surface area contributed by atoms with Crippen LogP contribution in [0.1, 0.15) is 18.1 Å². The Bertz CT molecular complexity index is 1100. The number of ether oxygens (including phenoxy) is 2. The second-order valence-electron chi connectivity index (χ2n) is 6.55. The number of nitriles is 1. The average Bonchev–Trinajstić information content (AvgIpc) is 2.79. The molecule has 156 valence electrons. The minimum absolute atomic E-state index is 0.0163. The molecule has 0 spiro atoms. The van der Waals surface area contributed by atoms with Gasteiger partial charge in [-0.3, -0.25) is 4.79 Å². The van der Waals surface area contributed by atoms with Gasteiger partial charge in [-0.25, -0.2) is 0 Å². The molecule has 0 aliphatic heterocycles. The molecule has 6 heteroatoms. The molecule has 0 atom stereocenters. The van der Waals surface area contributed by atoms with Crippen LogP contribution in [-0.2, 0) is 11.4 Å². The predicted molar refractivity (Wildman–Crippen MR) is 130 cm³/mol. The lowest BCUT2D eigenvalue weighted by Gasteiger charge is -2.09. The molecule has 1 N–H and O–H groups in total. The van der Waals surface area contributed by atoms with Crippen LogP contribution in [0.5, 0.6) is 11.5 Å². The van der Waals surface area contributed by atoms with Crippen LogP contribution >= 0.6 is 22.6 Å². The number of nitrogens with zero attached hydrogens (tertiary/aromatic N) is 1. The maximum atomic E-state index is 12.5. The second-order valence-corrected chi connectivity index (χ2v) is 7.71. The normalized spacial score (nSPS) is 10.8. The zero-order chi connectivity index (χ0) is 22.1. The maximum Gasteiger partial charge on any atom is 0.266 e. The summed E-state index contributed by atoms with van der Waals surface area (Å²) in [5.74, 6) is 1.01. The summed E-state index contributed by atoms with van der Waals surface area (Å²) < 4.78 is 12.2. The van der Waals surface area contributed by atoms with E-state index in [4.69, 9.17) is 9.47 Å². The lowest BCUT2D eigenvalue weighted by Crippen LogP contribution is -2.13. The van der Waals surface area contributed by atoms with Crippen LogP contribution in [0.25, 0.3) is 6.08 Å². The molecule has 1 amide bonds. The molecule has 3 aromatic carbocycles. The van der Waals surface area contributed by atoms with Crippen molar-refractivity contribution in [2.24, 2.45) is 0 Å². The Hall–Kier alpha value is -3.31. The molecule has 0 aliphatic rings. The highest BCUT2D eigenvalue weighted by atomic mass is 127. The predicted octanol–water partition coefficient (Wildman–Crippen LogP) is 5.81. The van der Waals surface area contributed by atoms with Crippen LogP contribution in [-0.4, -0.2) is 12.5 Å². The van der Waals surface area contributed by atoms with Gasteiger partial charge in [-0.05, 0) is 83.1 Å². The molecule has 0 fully saturated rings. The van der Waals surface area contributed by atoms with E-state index in [1.54, 1.807) is 30.3 Å². The van der Waals surface area contributed by atoms with E-state index in [0.717, 1.165) is 26.2 Å². The summed E-state index contributed by atoms with van der Waals surface area (Å²) in [6.07, 6.45) is 1.56. The molecule has 0 heterocycles. The van der Waals surface area contributed by atoms with E-state index in [1.165, 1.54) is 0 Å². The third-order valence-corrected chi connectivity index (χ3v) is 5.14. The topological polar surface area (TPSA) is 71.3 Å². The van der Waals surface area contributed by atoms with E-state index < -0.39 is 5.91 Å². The smallest absolute Gasteiger partial charge is 0.266 e. The summed E-state index contributed by atoms with van der Waals surface area (Å²) in [4.78, 5) is 12.5. The molecule has 0 aliphatic carbocycles. The van der Waals surface area contributed by atoms with Crippen molar-refractivity contribution in [3.05, 3.63) is 93.1 Å². The van der Waals surface area contributed by atoms with Crippen molar-refractivity contribution in [3.63, 3.8) is 0 Å². The number of carbonyl (C=O) groups excluding carboxylic acids is 1. The molecule has 3 rings (SSSR count). The Morgan fingerprint density at radius 3 is 2.45 bits per heavy atom. The van der Waals surface area contributed by atoms with Crippen molar-refractivity contribution in [1.29, 1.82) is 5.26 Å². The van der Waals surface area contributed by atoms with Crippen molar-refractivity contribution in [3.8, 4) is 17.6 Å². The van der Waals surface area contributed by atoms with Crippen molar-refractivity contribution in [2.75, 3.05) is 11.9 Å². The minimum atomic E-state index is -0.467. The number of rotatable bonds is 8. The van der Waals surface area contributed by atoms with Crippen molar-refractivity contribution >= 4 is 40.3 Å². The van der Waals surface area contributed by atoms with Gasteiger partial charge in [0, 0.05) is 5.69 Å². The number of carbonyl (C=O) groups is 1. The molecule has 0 radical (unpaired) electrons. The van der Waals surface area contributed by atoms with E-state index in [0.29, 0.717) is 18.9 Å². The Morgan fingerprint density at radius 2 is 1.81 bits per heavy atom. The highest BCUT2D eigenvalue weighted by Crippen LogP contribution is 2.24. The van der Waals surface area contributed by atoms with Gasteiger partial charge in [-0.15, -0.1) is 0 Å². The fourth-order valence-corrected chi connectivity index (χ4v) is 3.47. The molecule has 5 nitrogen and oxygen atoms in total. The minimum Gasteiger partial charge on any atom is -0.494 e. The highest BCUT2D eigenvalue weighted by molar-refractivity contribution is 14.1. The Morgan fingerprint density at radius 1 is 1.06 bits per heavy atom. The van der Waals surface area contributed by atoms with Crippen LogP contribution in [0.3, 0.4) is 0 Å². The number of benzene rings is 3. The lowest BCUT2D eigenvalue weighted by molar-refractivity contribution is -0.112. The molecule has 0 bridgehead atoms. The number of hydrogen-bond donors (Lipinski definition) is 1. The van der Waals surface area contributed by atoms with Crippen molar-refractivity contribution < 1.29 is 14.3 Å². The van der Waals surface area contributed by atoms with Gasteiger partial charge in [0.05, 0.1) is 10.2 Å². The third-order valence-electron chi connectivity index (χ3n) is 4.29. The molecular formula is C25H21IN2O3. The lowest BCUT2D eigenvalue weighted by atomic mass is 10.1. The first kappa shape index (κ1) is 22.4. The summed E-state index contributed by atoms with van der Waals surface area (Å²) in [5, 5.41) is 12.2. The first-order valence-corrected chi connectivity index (χ1v) is 10.8. The van der Waals surface area contributed by atoms with Crippen LogP contribution in [0.15, 0.2) is 78.4 Å². The zero-order valence-electron chi connectivity index (χ0n) is 17.0. The fourth-order valence-electron chi connectivity index (χ4n) is 2.77. The van der Waals surface area contributed by atoms with Gasteiger partial charge in [0.25, 0.3) is 5.91 Å². The number of nitrogens with one attached hydrogen (secondary N) is 1. The van der Waals surface area contributed by atoms with Gasteiger partial charge in [-0.1, -0.05) is 36.4 Å². The standard InChI is InChI=1S/C25H21IN2O3/c1-2-30-22-11-9-21(10-12-22)28-25(29)20(16-27)14-19-8-13-24(23(26)15-19)31-17-18-6-4-3-5-7-18/h3-15H,2,17H2,1H3,(H,28,29)/b20-14-. The highest BCUT2D eigenvalue weighted by Gasteiger charge is 2.11. The molecule has 0 saturated carbocycles. The van der Waals surface area contributed by atoms with E-state index in [2.05, 4.69) is 27.9 Å². The zero-order valence-corrected chi connectivity index (χ0v) is 19.1. The Balaban J connectivity index is 1.67. The number of amides is 1. The SMILES string of the molecule is CCOc1ccc(NC(=O)/C(C#N)=C\c2ccc(OCc3ccccc3)c(I)c2)cc1. The third kappa shape index (κ3) is 6.59. The Labute approximate surface area is 195 Å². The van der Waals surface area contributed by atoms with Gasteiger partial charge in [0.1, 0.15) is 29.7 Å². The van der Waals surface area contributed by atoms with E-state index in [-0.39, 0.29) is 5.57 Å². The first-order valence-electron chi connectivity index (χ1n) is 9.71. The van der Waals surface area contributed by atoms with Crippen LogP contribution in [0.4, 0.5) is 5.69 Å². The summed E-state index contributed by atoms with van der Waals surface area (Å²) in [5.41, 5.74) is 2.44. The maximum absolute atomic E-state index is 12.5. The van der Waals surface area contributed by atoms with Crippen molar-refractivity contribution in [1.82, 2.24) is 0 Å². The number of halogens is 1. The fraction of sp³-hybridized carbons (Fsp3) is 0.120. The number of hydrogen-bond acceptors (Lipinski definition) is 4. The first-order chi connectivity index (χ1) is 15.1. The number of anilines is 1. The molecule has 31 heavy (non-hydrogen) atoms. The van der Waals surface area contributed by atoms with Gasteiger partial charge < -0.3 is 14.8 Å². The summed E-state index contributed by atoms with van der Waals surface area (Å²) in [7, 11) is 0. The summed E-state index contributed by atoms with van der Waals surface area (Å²) in [6.45, 7) is 2.95. The monoisotopic (exact) mass is 524 g/mol. The van der Waals surface area contributed by atoms with Crippen LogP contribution < -0.4 is 14.8 Å². The summed E-state index contributed by atoms with van der Waals surface area (Å²) in [6, 6.07) is 24.4. The van der Waals surface area contributed by atoms with Gasteiger partial charge >= 0.3 is 0 Å². The molecule has 0 saturated heterocycles. The molecule has 0 unspecified atom stereocenters. The van der Waals surface area contributed by atoms with Crippen LogP contribution in [0.2, 0.25) is 0 Å². The molecule has 3 aromatic rings. The second kappa shape index (κ2) is 11.2. The largest absolute Gasteiger partial charge is 0.494 e. The van der Waals surface area contributed by atoms with Crippen LogP contribution in [0, 0.1) is 14.9 Å². The van der Waals surface area contributed by atoms with Gasteiger partial charge in [0.15, 0.2) is 0 Å². The summed E-state index contributed by atoms with van der Waals surface area (Å²) >= 11 is 2.18. The average molecular weight is 524 g/mol. The quantitative estimate of drug-likeness (QED) is 0.229. The Kier molecular flexibility index (Phi) is 8.07. The van der Waals surface area contributed by atoms with E-state index in [9.17, 15) is 10.1 Å². The van der Waals surface area contributed by atoms with Gasteiger partial charge in [0.2, 0.25) is 0 Å². The molecular weight excluding hydrogens is 503 g/mol. The van der Waals surface area contributed by atoms with Crippen molar-refractivity contribution in [2.45, 2.75) is 13.5 Å². The molecule has 0 aromatic heterocycles. The van der Waals surface area contributed by atoms with E-state index >= 15 is 0 Å². The van der Waals surface area contributed by atoms with Gasteiger partial charge in [-0.2, -0.15) is 5.26 Å². The van der Waals surface area contributed by atoms with E-state index in [1.807, 2.05) is 61.5 Å².